The van der Waals surface area contributed by atoms with Gasteiger partial charge in [-0.25, -0.2) is 4.79 Å². The molecular formula is C10H16O2. The molecule has 0 aromatic heterocycles. The Kier molecular flexibility index (Phi) is 2.55. The molecule has 0 bridgehead atoms. The molecule has 2 heteroatoms. The average Bonchev–Trinajstić information content (AvgIpc) is 1.92. The number of carboxylic acid groups (broad SMARTS) is 1. The van der Waals surface area contributed by atoms with Gasteiger partial charge in [0.25, 0.3) is 0 Å². The smallest absolute Gasteiger partial charge is 0.328 e. The van der Waals surface area contributed by atoms with Gasteiger partial charge in [0.2, 0.25) is 0 Å². The van der Waals surface area contributed by atoms with Gasteiger partial charge in [-0.05, 0) is 24.7 Å². The Balaban J connectivity index is 2.79. The number of aliphatic carboxylic acids is 1. The van der Waals surface area contributed by atoms with Crippen LogP contribution in [-0.2, 0) is 4.79 Å². The fraction of sp³-hybridized carbons (Fsp3) is 0.700. The maximum absolute atomic E-state index is 10.5. The Bertz CT molecular complexity index is 214. The second kappa shape index (κ2) is 3.30. The van der Waals surface area contributed by atoms with E-state index in [9.17, 15) is 4.79 Å². The summed E-state index contributed by atoms with van der Waals surface area (Å²) >= 11 is 0. The summed E-state index contributed by atoms with van der Waals surface area (Å²) in [6, 6.07) is 0. The third-order valence-electron chi connectivity index (χ3n) is 2.66. The normalized spacial score (nSPS) is 25.7. The molecule has 0 aliphatic heterocycles. The zero-order chi connectivity index (χ0) is 9.19. The molecule has 0 amide bonds. The lowest BCUT2D eigenvalue weighted by atomic mass is 9.73. The Labute approximate surface area is 73.3 Å². The van der Waals surface area contributed by atoms with Crippen LogP contribution in [0.25, 0.3) is 0 Å². The van der Waals surface area contributed by atoms with Crippen molar-refractivity contribution in [3.05, 3.63) is 11.6 Å². The minimum absolute atomic E-state index is 0.108. The molecule has 0 spiro atoms. The molecule has 0 aromatic rings. The summed E-state index contributed by atoms with van der Waals surface area (Å²) in [5.41, 5.74) is 1.21. The van der Waals surface area contributed by atoms with Gasteiger partial charge in [0.1, 0.15) is 0 Å². The standard InChI is InChI=1S/C10H16O2/c1-10(2)6-4-3-5-8(10)7-9(11)12/h7H,3-6H2,1-2H3,(H,11,12). The van der Waals surface area contributed by atoms with Crippen LogP contribution in [0.15, 0.2) is 11.6 Å². The Morgan fingerprint density at radius 1 is 1.50 bits per heavy atom. The summed E-state index contributed by atoms with van der Waals surface area (Å²) in [4.78, 5) is 10.5. The highest BCUT2D eigenvalue weighted by Gasteiger charge is 2.26. The van der Waals surface area contributed by atoms with Crippen LogP contribution in [0, 0.1) is 5.41 Å². The first-order valence-electron chi connectivity index (χ1n) is 4.46. The minimum atomic E-state index is -0.806. The molecule has 68 valence electrons. The number of hydrogen-bond acceptors (Lipinski definition) is 1. The topological polar surface area (TPSA) is 37.3 Å². The van der Waals surface area contributed by atoms with Gasteiger partial charge in [-0.3, -0.25) is 0 Å². The predicted octanol–water partition coefficient (Wildman–Crippen LogP) is 2.60. The van der Waals surface area contributed by atoms with Crippen molar-refractivity contribution in [2.75, 3.05) is 0 Å². The maximum atomic E-state index is 10.5. The highest BCUT2D eigenvalue weighted by molar-refractivity contribution is 5.80. The lowest BCUT2D eigenvalue weighted by Gasteiger charge is -2.32. The first-order valence-corrected chi connectivity index (χ1v) is 4.46. The SMILES string of the molecule is CC1(C)CCCCC1=CC(=O)O. The molecule has 1 N–H and O–H groups in total. The maximum Gasteiger partial charge on any atom is 0.328 e. The lowest BCUT2D eigenvalue weighted by Crippen LogP contribution is -2.20. The van der Waals surface area contributed by atoms with Crippen molar-refractivity contribution in [1.82, 2.24) is 0 Å². The van der Waals surface area contributed by atoms with Gasteiger partial charge in [-0.1, -0.05) is 25.8 Å². The van der Waals surface area contributed by atoms with E-state index in [4.69, 9.17) is 5.11 Å². The van der Waals surface area contributed by atoms with E-state index in [1.54, 1.807) is 0 Å². The van der Waals surface area contributed by atoms with E-state index < -0.39 is 5.97 Å². The number of carboxylic acids is 1. The first-order chi connectivity index (χ1) is 5.52. The van der Waals surface area contributed by atoms with Gasteiger partial charge >= 0.3 is 5.97 Å². The van der Waals surface area contributed by atoms with E-state index >= 15 is 0 Å². The predicted molar refractivity (Wildman–Crippen MR) is 48.0 cm³/mol. The van der Waals surface area contributed by atoms with Crippen LogP contribution in [0.1, 0.15) is 39.5 Å². The summed E-state index contributed by atoms with van der Waals surface area (Å²) < 4.78 is 0. The monoisotopic (exact) mass is 168 g/mol. The van der Waals surface area contributed by atoms with Gasteiger partial charge in [-0.15, -0.1) is 0 Å². The fourth-order valence-electron chi connectivity index (χ4n) is 1.80. The third-order valence-corrected chi connectivity index (χ3v) is 2.66. The van der Waals surface area contributed by atoms with Crippen LogP contribution in [-0.4, -0.2) is 11.1 Å². The highest BCUT2D eigenvalue weighted by Crippen LogP contribution is 2.39. The summed E-state index contributed by atoms with van der Waals surface area (Å²) in [5.74, 6) is -0.806. The molecule has 0 radical (unpaired) electrons. The summed E-state index contributed by atoms with van der Waals surface area (Å²) in [7, 11) is 0. The molecule has 12 heavy (non-hydrogen) atoms. The molecule has 0 saturated heterocycles. The van der Waals surface area contributed by atoms with Crippen LogP contribution in [0.4, 0.5) is 0 Å². The van der Waals surface area contributed by atoms with Gasteiger partial charge in [0.05, 0.1) is 0 Å². The zero-order valence-electron chi connectivity index (χ0n) is 7.76. The Morgan fingerprint density at radius 2 is 2.17 bits per heavy atom. The second-order valence-corrected chi connectivity index (χ2v) is 4.10. The highest BCUT2D eigenvalue weighted by atomic mass is 16.4. The van der Waals surface area contributed by atoms with E-state index in [2.05, 4.69) is 13.8 Å². The molecule has 1 rings (SSSR count). The number of hydrogen-bond donors (Lipinski definition) is 1. The Hall–Kier alpha value is -0.790. The number of allylic oxidation sites excluding steroid dienone is 1. The quantitative estimate of drug-likeness (QED) is 0.611. The van der Waals surface area contributed by atoms with Crippen LogP contribution in [0.3, 0.4) is 0 Å². The van der Waals surface area contributed by atoms with Crippen molar-refractivity contribution < 1.29 is 9.90 Å². The average molecular weight is 168 g/mol. The van der Waals surface area contributed by atoms with Crippen molar-refractivity contribution in [2.45, 2.75) is 39.5 Å². The zero-order valence-corrected chi connectivity index (χ0v) is 7.76. The first kappa shape index (κ1) is 9.30. The summed E-state index contributed by atoms with van der Waals surface area (Å²) in [6.07, 6.45) is 5.83. The van der Waals surface area contributed by atoms with E-state index in [0.29, 0.717) is 0 Å². The van der Waals surface area contributed by atoms with Crippen LogP contribution < -0.4 is 0 Å². The van der Waals surface area contributed by atoms with Gasteiger partial charge in [-0.2, -0.15) is 0 Å². The molecule has 0 atom stereocenters. The molecule has 0 aromatic carbocycles. The van der Waals surface area contributed by atoms with Gasteiger partial charge < -0.3 is 5.11 Å². The van der Waals surface area contributed by atoms with Crippen molar-refractivity contribution >= 4 is 5.97 Å². The summed E-state index contributed by atoms with van der Waals surface area (Å²) in [6.45, 7) is 4.25. The van der Waals surface area contributed by atoms with E-state index in [0.717, 1.165) is 24.8 Å². The van der Waals surface area contributed by atoms with E-state index in [1.165, 1.54) is 12.5 Å². The van der Waals surface area contributed by atoms with Crippen LogP contribution in [0.2, 0.25) is 0 Å². The van der Waals surface area contributed by atoms with Crippen LogP contribution in [0.5, 0.6) is 0 Å². The summed E-state index contributed by atoms with van der Waals surface area (Å²) in [5, 5.41) is 8.62. The minimum Gasteiger partial charge on any atom is -0.478 e. The van der Waals surface area contributed by atoms with Crippen molar-refractivity contribution in [3.8, 4) is 0 Å². The number of rotatable bonds is 1. The molecule has 2 nitrogen and oxygen atoms in total. The van der Waals surface area contributed by atoms with Gasteiger partial charge in [0, 0.05) is 6.08 Å². The van der Waals surface area contributed by atoms with E-state index in [1.807, 2.05) is 0 Å². The molecule has 0 unspecified atom stereocenters. The van der Waals surface area contributed by atoms with Crippen molar-refractivity contribution in [2.24, 2.45) is 5.41 Å². The molecule has 1 aliphatic carbocycles. The lowest BCUT2D eigenvalue weighted by molar-refractivity contribution is -0.131. The Morgan fingerprint density at radius 3 is 2.67 bits per heavy atom. The molecule has 1 saturated carbocycles. The van der Waals surface area contributed by atoms with Gasteiger partial charge in [0.15, 0.2) is 0 Å². The fourth-order valence-corrected chi connectivity index (χ4v) is 1.80. The molecule has 0 heterocycles. The molecular weight excluding hydrogens is 152 g/mol. The van der Waals surface area contributed by atoms with E-state index in [-0.39, 0.29) is 5.41 Å². The molecule has 1 fully saturated rings. The second-order valence-electron chi connectivity index (χ2n) is 4.10. The number of carbonyl (C=O) groups is 1. The third kappa shape index (κ3) is 2.10. The van der Waals surface area contributed by atoms with Crippen molar-refractivity contribution in [1.29, 1.82) is 0 Å². The molecule has 1 aliphatic rings. The van der Waals surface area contributed by atoms with Crippen molar-refractivity contribution in [3.63, 3.8) is 0 Å². The largest absolute Gasteiger partial charge is 0.478 e. The van der Waals surface area contributed by atoms with Crippen LogP contribution >= 0.6 is 0 Å².